The van der Waals surface area contributed by atoms with E-state index < -0.39 is 18.6 Å². The molecular formula is C9H15F3N2O. The Morgan fingerprint density at radius 1 is 1.27 bits per heavy atom. The molecule has 0 saturated heterocycles. The van der Waals surface area contributed by atoms with E-state index in [-0.39, 0.29) is 12.0 Å². The third-order valence-electron chi connectivity index (χ3n) is 2.61. The van der Waals surface area contributed by atoms with Gasteiger partial charge in [0.25, 0.3) is 0 Å². The second-order valence-corrected chi connectivity index (χ2v) is 3.94. The number of amides is 1. The molecule has 1 saturated carbocycles. The van der Waals surface area contributed by atoms with Crippen LogP contribution in [0.15, 0.2) is 0 Å². The maximum atomic E-state index is 11.8. The minimum Gasteiger partial charge on any atom is -0.347 e. The van der Waals surface area contributed by atoms with Crippen LogP contribution in [0.4, 0.5) is 13.2 Å². The van der Waals surface area contributed by atoms with E-state index in [1.807, 2.05) is 5.32 Å². The number of hydrogen-bond acceptors (Lipinski definition) is 2. The smallest absolute Gasteiger partial charge is 0.347 e. The molecule has 0 radical (unpaired) electrons. The van der Waals surface area contributed by atoms with E-state index in [0.29, 0.717) is 25.7 Å². The van der Waals surface area contributed by atoms with Crippen LogP contribution < -0.4 is 11.1 Å². The highest BCUT2D eigenvalue weighted by Crippen LogP contribution is 2.23. The van der Waals surface area contributed by atoms with Crippen molar-refractivity contribution in [2.24, 2.45) is 11.7 Å². The van der Waals surface area contributed by atoms with Crippen LogP contribution >= 0.6 is 0 Å². The summed E-state index contributed by atoms with van der Waals surface area (Å²) in [4.78, 5) is 11.3. The van der Waals surface area contributed by atoms with Gasteiger partial charge in [0.2, 0.25) is 5.91 Å². The second-order valence-electron chi connectivity index (χ2n) is 3.94. The molecule has 0 bridgehead atoms. The molecule has 1 aliphatic rings. The third kappa shape index (κ3) is 4.51. The molecule has 88 valence electrons. The molecule has 1 amide bonds. The van der Waals surface area contributed by atoms with E-state index in [1.54, 1.807) is 0 Å². The van der Waals surface area contributed by atoms with E-state index in [1.165, 1.54) is 0 Å². The van der Waals surface area contributed by atoms with Crippen molar-refractivity contribution in [2.75, 3.05) is 6.54 Å². The van der Waals surface area contributed by atoms with Gasteiger partial charge in [-0.15, -0.1) is 0 Å². The quantitative estimate of drug-likeness (QED) is 0.740. The van der Waals surface area contributed by atoms with Crippen LogP contribution in [0.3, 0.4) is 0 Å². The summed E-state index contributed by atoms with van der Waals surface area (Å²) >= 11 is 0. The van der Waals surface area contributed by atoms with Crippen molar-refractivity contribution in [1.82, 2.24) is 5.32 Å². The minimum absolute atomic E-state index is 0.0941. The summed E-state index contributed by atoms with van der Waals surface area (Å²) in [6, 6.07) is 0.0941. The van der Waals surface area contributed by atoms with Crippen LogP contribution in [-0.4, -0.2) is 24.7 Å². The molecule has 0 spiro atoms. The fourth-order valence-electron chi connectivity index (χ4n) is 1.71. The minimum atomic E-state index is -4.33. The molecule has 3 N–H and O–H groups in total. The lowest BCUT2D eigenvalue weighted by molar-refractivity contribution is -0.141. The lowest BCUT2D eigenvalue weighted by Gasteiger charge is -2.25. The number of hydrogen-bond donors (Lipinski definition) is 2. The zero-order valence-corrected chi connectivity index (χ0v) is 8.31. The van der Waals surface area contributed by atoms with Crippen molar-refractivity contribution in [2.45, 2.75) is 37.9 Å². The highest BCUT2D eigenvalue weighted by molar-refractivity contribution is 5.78. The first kappa shape index (κ1) is 12.3. The van der Waals surface area contributed by atoms with E-state index in [4.69, 9.17) is 5.73 Å². The summed E-state index contributed by atoms with van der Waals surface area (Å²) in [7, 11) is 0. The van der Waals surface area contributed by atoms with Gasteiger partial charge in [-0.2, -0.15) is 13.2 Å². The number of carbonyl (C=O) groups is 1. The monoisotopic (exact) mass is 224 g/mol. The van der Waals surface area contributed by atoms with Crippen molar-refractivity contribution >= 4 is 5.91 Å². The molecule has 1 fully saturated rings. The summed E-state index contributed by atoms with van der Waals surface area (Å²) < 4.78 is 35.4. The maximum absolute atomic E-state index is 11.8. The van der Waals surface area contributed by atoms with Crippen LogP contribution in [0, 0.1) is 5.92 Å². The molecule has 0 unspecified atom stereocenters. The SMILES string of the molecule is NC1CCC(C(=O)NCC(F)(F)F)CC1. The van der Waals surface area contributed by atoms with Gasteiger partial charge in [-0.1, -0.05) is 0 Å². The summed E-state index contributed by atoms with van der Waals surface area (Å²) in [6.07, 6.45) is -1.73. The van der Waals surface area contributed by atoms with E-state index in [0.717, 1.165) is 0 Å². The molecule has 15 heavy (non-hydrogen) atoms. The fourth-order valence-corrected chi connectivity index (χ4v) is 1.71. The predicted molar refractivity (Wildman–Crippen MR) is 49.0 cm³/mol. The Bertz CT molecular complexity index is 222. The van der Waals surface area contributed by atoms with Crippen LogP contribution in [0.5, 0.6) is 0 Å². The number of nitrogens with two attached hydrogens (primary N) is 1. The molecule has 0 aromatic carbocycles. The van der Waals surface area contributed by atoms with Crippen LogP contribution in [0.25, 0.3) is 0 Å². The Morgan fingerprint density at radius 3 is 2.27 bits per heavy atom. The normalized spacial score (nSPS) is 27.5. The van der Waals surface area contributed by atoms with Gasteiger partial charge in [-0.3, -0.25) is 4.79 Å². The van der Waals surface area contributed by atoms with Crippen molar-refractivity contribution in [3.8, 4) is 0 Å². The Labute approximate surface area is 86.2 Å². The molecule has 1 rings (SSSR count). The average Bonchev–Trinajstić information content (AvgIpc) is 2.14. The highest BCUT2D eigenvalue weighted by Gasteiger charge is 2.30. The molecule has 1 aliphatic carbocycles. The summed E-state index contributed by atoms with van der Waals surface area (Å²) in [5.41, 5.74) is 5.63. The van der Waals surface area contributed by atoms with Crippen LogP contribution in [-0.2, 0) is 4.79 Å². The van der Waals surface area contributed by atoms with Crippen molar-refractivity contribution < 1.29 is 18.0 Å². The van der Waals surface area contributed by atoms with Gasteiger partial charge in [0.1, 0.15) is 6.54 Å². The molecule has 3 nitrogen and oxygen atoms in total. The Kier molecular flexibility index (Phi) is 3.96. The zero-order valence-electron chi connectivity index (χ0n) is 8.31. The average molecular weight is 224 g/mol. The van der Waals surface area contributed by atoms with Gasteiger partial charge in [-0.05, 0) is 25.7 Å². The topological polar surface area (TPSA) is 55.1 Å². The number of carbonyl (C=O) groups excluding carboxylic acids is 1. The van der Waals surface area contributed by atoms with Crippen molar-refractivity contribution in [3.05, 3.63) is 0 Å². The Balaban J connectivity index is 2.29. The lowest BCUT2D eigenvalue weighted by atomic mass is 9.86. The third-order valence-corrected chi connectivity index (χ3v) is 2.61. The molecule has 0 aliphatic heterocycles. The standard InChI is InChI=1S/C9H15F3N2O/c10-9(11,12)5-14-8(15)6-1-3-7(13)4-2-6/h6-7H,1-5,13H2,(H,14,15). The predicted octanol–water partition coefficient (Wildman–Crippen LogP) is 1.18. The zero-order chi connectivity index (χ0) is 11.5. The Hall–Kier alpha value is -0.780. The number of alkyl halides is 3. The first-order valence-corrected chi connectivity index (χ1v) is 4.98. The molecule has 6 heteroatoms. The lowest BCUT2D eigenvalue weighted by Crippen LogP contribution is -2.40. The van der Waals surface area contributed by atoms with Gasteiger partial charge in [0.05, 0.1) is 0 Å². The molecule has 0 atom stereocenters. The van der Waals surface area contributed by atoms with Crippen molar-refractivity contribution in [3.63, 3.8) is 0 Å². The number of rotatable bonds is 2. The largest absolute Gasteiger partial charge is 0.405 e. The fraction of sp³-hybridized carbons (Fsp3) is 0.889. The van der Waals surface area contributed by atoms with Gasteiger partial charge in [-0.25, -0.2) is 0 Å². The van der Waals surface area contributed by atoms with Crippen LogP contribution in [0.2, 0.25) is 0 Å². The van der Waals surface area contributed by atoms with Gasteiger partial charge in [0, 0.05) is 12.0 Å². The molecule has 0 heterocycles. The van der Waals surface area contributed by atoms with E-state index in [2.05, 4.69) is 0 Å². The van der Waals surface area contributed by atoms with Gasteiger partial charge < -0.3 is 11.1 Å². The van der Waals surface area contributed by atoms with Crippen molar-refractivity contribution in [1.29, 1.82) is 0 Å². The summed E-state index contributed by atoms with van der Waals surface area (Å²) in [5, 5.41) is 1.90. The highest BCUT2D eigenvalue weighted by atomic mass is 19.4. The van der Waals surface area contributed by atoms with Crippen LogP contribution in [0.1, 0.15) is 25.7 Å². The molecule has 0 aromatic rings. The van der Waals surface area contributed by atoms with Gasteiger partial charge in [0.15, 0.2) is 0 Å². The Morgan fingerprint density at radius 2 is 1.80 bits per heavy atom. The first-order chi connectivity index (χ1) is 6.88. The first-order valence-electron chi connectivity index (χ1n) is 4.98. The maximum Gasteiger partial charge on any atom is 0.405 e. The van der Waals surface area contributed by atoms with E-state index >= 15 is 0 Å². The summed E-state index contributed by atoms with van der Waals surface area (Å²) in [6.45, 7) is -1.24. The molecule has 0 aromatic heterocycles. The molecular weight excluding hydrogens is 209 g/mol. The second kappa shape index (κ2) is 4.83. The number of halogens is 3. The number of nitrogens with one attached hydrogen (secondary N) is 1. The van der Waals surface area contributed by atoms with E-state index in [9.17, 15) is 18.0 Å². The van der Waals surface area contributed by atoms with Gasteiger partial charge >= 0.3 is 6.18 Å². The summed E-state index contributed by atoms with van der Waals surface area (Å²) in [5.74, 6) is -0.800.